The number of benzene rings is 5. The highest BCUT2D eigenvalue weighted by molar-refractivity contribution is 6.31. The second kappa shape index (κ2) is 12.4. The van der Waals surface area contributed by atoms with Crippen molar-refractivity contribution in [3.63, 3.8) is 0 Å². The van der Waals surface area contributed by atoms with Crippen molar-refractivity contribution in [1.29, 1.82) is 0 Å². The van der Waals surface area contributed by atoms with Gasteiger partial charge in [0, 0.05) is 35.8 Å². The van der Waals surface area contributed by atoms with Crippen LogP contribution in [0.4, 0.5) is 11.4 Å². The number of ether oxygens (including phenoxy) is 1. The van der Waals surface area contributed by atoms with Gasteiger partial charge in [-0.1, -0.05) is 103 Å². The lowest BCUT2D eigenvalue weighted by Crippen LogP contribution is -2.48. The molecule has 0 saturated carbocycles. The van der Waals surface area contributed by atoms with E-state index in [4.69, 9.17) is 16.3 Å². The minimum absolute atomic E-state index is 0.120. The van der Waals surface area contributed by atoms with Crippen LogP contribution in [0.3, 0.4) is 0 Å². The molecule has 1 aliphatic heterocycles. The van der Waals surface area contributed by atoms with Crippen LogP contribution in [0.2, 0.25) is 5.02 Å². The first-order valence-corrected chi connectivity index (χ1v) is 14.3. The molecule has 0 radical (unpaired) electrons. The van der Waals surface area contributed by atoms with E-state index in [1.807, 2.05) is 109 Å². The van der Waals surface area contributed by atoms with Crippen molar-refractivity contribution in [1.82, 2.24) is 4.90 Å². The van der Waals surface area contributed by atoms with Gasteiger partial charge in [-0.25, -0.2) is 0 Å². The second-order valence-electron chi connectivity index (χ2n) is 10.3. The molecule has 0 fully saturated rings. The zero-order valence-corrected chi connectivity index (χ0v) is 23.9. The van der Waals surface area contributed by atoms with Crippen molar-refractivity contribution in [3.05, 3.63) is 170 Å². The summed E-state index contributed by atoms with van der Waals surface area (Å²) in [6, 6.07) is 39.5. The van der Waals surface area contributed by atoms with Crippen molar-refractivity contribution < 1.29 is 14.5 Å². The van der Waals surface area contributed by atoms with Gasteiger partial charge in [-0.2, -0.15) is 0 Å². The maximum Gasteiger partial charge on any atom is 0.270 e. The van der Waals surface area contributed by atoms with Gasteiger partial charge in [-0.3, -0.25) is 14.9 Å². The highest BCUT2D eigenvalue weighted by Gasteiger charge is 2.39. The molecule has 214 valence electrons. The lowest BCUT2D eigenvalue weighted by Gasteiger charge is -2.46. The highest BCUT2D eigenvalue weighted by Crippen LogP contribution is 2.42. The van der Waals surface area contributed by atoms with Crippen molar-refractivity contribution in [3.8, 4) is 5.75 Å². The molecule has 0 saturated heterocycles. The molecule has 5 aromatic rings. The summed E-state index contributed by atoms with van der Waals surface area (Å²) < 4.78 is 6.03. The number of nitrogens with zero attached hydrogens (tertiary/aromatic N) is 3. The van der Waals surface area contributed by atoms with Crippen LogP contribution in [0.25, 0.3) is 0 Å². The number of carbonyl (C=O) groups excluding carboxylic acids is 1. The number of nitro benzene ring substituents is 1. The van der Waals surface area contributed by atoms with E-state index in [1.165, 1.54) is 12.1 Å². The molecule has 5 aromatic carbocycles. The number of nitro groups is 1. The number of rotatable bonds is 9. The molecule has 0 aromatic heterocycles. The predicted molar refractivity (Wildman–Crippen MR) is 167 cm³/mol. The monoisotopic (exact) mass is 589 g/mol. The Morgan fingerprint density at radius 3 is 1.98 bits per heavy atom. The van der Waals surface area contributed by atoms with Gasteiger partial charge in [-0.05, 0) is 41.0 Å². The maximum atomic E-state index is 14.2. The molecule has 6 rings (SSSR count). The van der Waals surface area contributed by atoms with E-state index >= 15 is 0 Å². The van der Waals surface area contributed by atoms with E-state index in [-0.39, 0.29) is 11.6 Å². The van der Waals surface area contributed by atoms with Gasteiger partial charge in [0.2, 0.25) is 0 Å². The Labute approximate surface area is 254 Å². The molecule has 1 heterocycles. The SMILES string of the molecule is O=C1c2cc([N+](=O)[O-])ccc2N(Cc2ccccc2)[C@@H](c2ccc(OCc3ccccc3Cl)cc2)N1Cc1ccccc1. The molecule has 43 heavy (non-hydrogen) atoms. The van der Waals surface area contributed by atoms with Crippen LogP contribution in [0.15, 0.2) is 127 Å². The fourth-order valence-corrected chi connectivity index (χ4v) is 5.58. The van der Waals surface area contributed by atoms with Crippen LogP contribution in [0.5, 0.6) is 5.75 Å². The first-order valence-electron chi connectivity index (χ1n) is 13.9. The van der Waals surface area contributed by atoms with Crippen molar-refractivity contribution in [2.75, 3.05) is 4.90 Å². The zero-order valence-electron chi connectivity index (χ0n) is 23.2. The van der Waals surface area contributed by atoms with E-state index in [0.717, 1.165) is 22.3 Å². The van der Waals surface area contributed by atoms with Gasteiger partial charge in [0.1, 0.15) is 18.5 Å². The number of amides is 1. The van der Waals surface area contributed by atoms with Crippen molar-refractivity contribution in [2.24, 2.45) is 0 Å². The lowest BCUT2D eigenvalue weighted by molar-refractivity contribution is -0.384. The summed E-state index contributed by atoms with van der Waals surface area (Å²) in [5.74, 6) is 0.405. The summed E-state index contributed by atoms with van der Waals surface area (Å²) in [6.45, 7) is 1.13. The number of hydrogen-bond acceptors (Lipinski definition) is 5. The van der Waals surface area contributed by atoms with Gasteiger partial charge in [0.05, 0.1) is 16.2 Å². The molecule has 7 nitrogen and oxygen atoms in total. The smallest absolute Gasteiger partial charge is 0.270 e. The molecule has 1 atom stereocenters. The van der Waals surface area contributed by atoms with Crippen LogP contribution in [0, 0.1) is 10.1 Å². The Bertz CT molecular complexity index is 1750. The summed E-state index contributed by atoms with van der Waals surface area (Å²) in [6.07, 6.45) is -0.487. The number of non-ortho nitro benzene ring substituents is 1. The van der Waals surface area contributed by atoms with Crippen LogP contribution >= 0.6 is 11.6 Å². The molecular weight excluding hydrogens is 562 g/mol. The summed E-state index contributed by atoms with van der Waals surface area (Å²) in [5.41, 5.74) is 4.60. The Morgan fingerprint density at radius 1 is 0.744 bits per heavy atom. The normalized spacial score (nSPS) is 14.3. The van der Waals surface area contributed by atoms with E-state index in [9.17, 15) is 14.9 Å². The van der Waals surface area contributed by atoms with Gasteiger partial charge < -0.3 is 14.5 Å². The van der Waals surface area contributed by atoms with Gasteiger partial charge >= 0.3 is 0 Å². The molecular formula is C35H28ClN3O4. The number of fused-ring (bicyclic) bond motifs is 1. The summed E-state index contributed by atoms with van der Waals surface area (Å²) in [4.78, 5) is 29.3. The van der Waals surface area contributed by atoms with Crippen LogP contribution in [-0.4, -0.2) is 15.7 Å². The van der Waals surface area contributed by atoms with Gasteiger partial charge in [0.15, 0.2) is 0 Å². The summed E-state index contributed by atoms with van der Waals surface area (Å²) >= 11 is 6.30. The average molecular weight is 590 g/mol. The largest absolute Gasteiger partial charge is 0.489 e. The fourth-order valence-electron chi connectivity index (χ4n) is 5.39. The Morgan fingerprint density at radius 2 is 1.35 bits per heavy atom. The Hall–Kier alpha value is -5.14. The third-order valence-electron chi connectivity index (χ3n) is 7.50. The van der Waals surface area contributed by atoms with E-state index < -0.39 is 11.1 Å². The highest BCUT2D eigenvalue weighted by atomic mass is 35.5. The van der Waals surface area contributed by atoms with Gasteiger partial charge in [-0.15, -0.1) is 0 Å². The Balaban J connectivity index is 1.41. The van der Waals surface area contributed by atoms with Crippen LogP contribution in [-0.2, 0) is 19.7 Å². The molecule has 1 aliphatic rings. The lowest BCUT2D eigenvalue weighted by atomic mass is 9.98. The fraction of sp³-hybridized carbons (Fsp3) is 0.114. The minimum atomic E-state index is -0.487. The Kier molecular flexibility index (Phi) is 8.07. The number of halogens is 1. The van der Waals surface area contributed by atoms with E-state index in [2.05, 4.69) is 4.90 Å². The standard InChI is InChI=1S/C35H28ClN3O4/c36-32-14-8-7-13-28(32)24-43-30-18-15-27(16-19-30)34-37(22-25-9-3-1-4-10-25)33-20-17-29(39(41)42)21-31(33)35(40)38(34)23-26-11-5-2-6-12-26/h1-21,34H,22-24H2/t34-/m1/s1. The molecule has 0 bridgehead atoms. The summed E-state index contributed by atoms with van der Waals surface area (Å²) in [5, 5.41) is 12.3. The van der Waals surface area contributed by atoms with Crippen LogP contribution < -0.4 is 9.64 Å². The van der Waals surface area contributed by atoms with Crippen molar-refractivity contribution >= 4 is 28.9 Å². The molecule has 1 amide bonds. The number of anilines is 1. The molecule has 0 unspecified atom stereocenters. The number of carbonyl (C=O) groups is 1. The van der Waals surface area contributed by atoms with Gasteiger partial charge in [0.25, 0.3) is 11.6 Å². The van der Waals surface area contributed by atoms with Crippen LogP contribution in [0.1, 0.15) is 38.8 Å². The first-order chi connectivity index (χ1) is 21.0. The zero-order chi connectivity index (χ0) is 29.8. The second-order valence-corrected chi connectivity index (χ2v) is 10.7. The third kappa shape index (κ3) is 6.08. The summed E-state index contributed by atoms with van der Waals surface area (Å²) in [7, 11) is 0. The topological polar surface area (TPSA) is 75.9 Å². The van der Waals surface area contributed by atoms with E-state index in [0.29, 0.717) is 41.7 Å². The third-order valence-corrected chi connectivity index (χ3v) is 7.87. The minimum Gasteiger partial charge on any atom is -0.489 e. The van der Waals surface area contributed by atoms with Crippen molar-refractivity contribution in [2.45, 2.75) is 25.9 Å². The predicted octanol–water partition coefficient (Wildman–Crippen LogP) is 8.19. The average Bonchev–Trinajstić information content (AvgIpc) is 3.04. The first kappa shape index (κ1) is 28.0. The molecule has 0 N–H and O–H groups in total. The number of hydrogen-bond donors (Lipinski definition) is 0. The van der Waals surface area contributed by atoms with E-state index in [1.54, 1.807) is 11.0 Å². The molecule has 0 spiro atoms. The molecule has 8 heteroatoms. The molecule has 0 aliphatic carbocycles. The maximum absolute atomic E-state index is 14.2. The quantitative estimate of drug-likeness (QED) is 0.128.